The highest BCUT2D eigenvalue weighted by atomic mass is 16.5. The minimum absolute atomic E-state index is 0.731. The second kappa shape index (κ2) is 5.19. The molecule has 98 valence electrons. The summed E-state index contributed by atoms with van der Waals surface area (Å²) in [4.78, 5) is 0. The van der Waals surface area contributed by atoms with Crippen LogP contribution in [-0.4, -0.2) is 26.7 Å². The van der Waals surface area contributed by atoms with Crippen molar-refractivity contribution in [3.63, 3.8) is 0 Å². The number of nitrogens with one attached hydrogen (secondary N) is 2. The number of fused-ring (bicyclic) bond motifs is 1. The summed E-state index contributed by atoms with van der Waals surface area (Å²) in [5.74, 6) is 2.53. The summed E-state index contributed by atoms with van der Waals surface area (Å²) in [6.07, 6.45) is 3.90. The molecule has 3 nitrogen and oxygen atoms in total. The van der Waals surface area contributed by atoms with E-state index in [1.807, 2.05) is 0 Å². The predicted octanol–water partition coefficient (Wildman–Crippen LogP) is 2.59. The van der Waals surface area contributed by atoms with Crippen molar-refractivity contribution in [1.82, 2.24) is 5.32 Å². The highest BCUT2D eigenvalue weighted by Crippen LogP contribution is 2.41. The van der Waals surface area contributed by atoms with Gasteiger partial charge in [-0.3, -0.25) is 0 Å². The summed E-state index contributed by atoms with van der Waals surface area (Å²) in [5, 5.41) is 6.97. The van der Waals surface area contributed by atoms with Crippen LogP contribution in [0.5, 0.6) is 5.75 Å². The fourth-order valence-corrected chi connectivity index (χ4v) is 3.39. The van der Waals surface area contributed by atoms with Gasteiger partial charge in [0.05, 0.1) is 7.11 Å². The van der Waals surface area contributed by atoms with Gasteiger partial charge in [0.1, 0.15) is 5.75 Å². The summed E-state index contributed by atoms with van der Waals surface area (Å²) in [6.45, 7) is 3.45. The van der Waals surface area contributed by atoms with E-state index in [0.717, 1.165) is 24.1 Å². The third kappa shape index (κ3) is 2.19. The maximum absolute atomic E-state index is 5.31. The maximum atomic E-state index is 5.31. The Balaban J connectivity index is 1.86. The Labute approximate surface area is 109 Å². The molecule has 2 aliphatic heterocycles. The van der Waals surface area contributed by atoms with Gasteiger partial charge < -0.3 is 15.4 Å². The molecule has 3 heteroatoms. The zero-order chi connectivity index (χ0) is 12.4. The van der Waals surface area contributed by atoms with Crippen LogP contribution in [0, 0.1) is 5.92 Å². The highest BCUT2D eigenvalue weighted by molar-refractivity contribution is 5.58. The molecule has 3 rings (SSSR count). The highest BCUT2D eigenvalue weighted by Gasteiger charge is 2.28. The largest absolute Gasteiger partial charge is 0.497 e. The van der Waals surface area contributed by atoms with E-state index < -0.39 is 0 Å². The van der Waals surface area contributed by atoms with Crippen molar-refractivity contribution in [1.29, 1.82) is 0 Å². The number of anilines is 1. The van der Waals surface area contributed by atoms with E-state index in [0.29, 0.717) is 0 Å². The van der Waals surface area contributed by atoms with Gasteiger partial charge in [-0.05, 0) is 55.8 Å². The average Bonchev–Trinajstić information content (AvgIpc) is 2.47. The van der Waals surface area contributed by atoms with Crippen LogP contribution in [0.4, 0.5) is 5.69 Å². The molecule has 0 aromatic heterocycles. The van der Waals surface area contributed by atoms with Crippen molar-refractivity contribution in [2.45, 2.75) is 25.2 Å². The van der Waals surface area contributed by atoms with E-state index in [2.05, 4.69) is 28.8 Å². The first-order valence-electron chi connectivity index (χ1n) is 7.01. The standard InChI is InChI=1S/C15H22N2O/c1-18-12-2-3-14-13(6-9-17-15(14)10-12)11-4-7-16-8-5-11/h2-3,10-11,13,16-17H,4-9H2,1H3. The van der Waals surface area contributed by atoms with Gasteiger partial charge in [-0.2, -0.15) is 0 Å². The zero-order valence-electron chi connectivity index (χ0n) is 11.0. The summed E-state index contributed by atoms with van der Waals surface area (Å²) < 4.78 is 5.31. The van der Waals surface area contributed by atoms with Gasteiger partial charge in [0.2, 0.25) is 0 Å². The average molecular weight is 246 g/mol. The van der Waals surface area contributed by atoms with Crippen LogP contribution < -0.4 is 15.4 Å². The normalized spacial score (nSPS) is 24.2. The molecule has 1 atom stereocenters. The van der Waals surface area contributed by atoms with Crippen LogP contribution in [0.3, 0.4) is 0 Å². The minimum atomic E-state index is 0.731. The van der Waals surface area contributed by atoms with E-state index in [9.17, 15) is 0 Å². The maximum Gasteiger partial charge on any atom is 0.120 e. The quantitative estimate of drug-likeness (QED) is 0.841. The van der Waals surface area contributed by atoms with E-state index in [4.69, 9.17) is 4.74 Å². The number of hydrogen-bond acceptors (Lipinski definition) is 3. The van der Waals surface area contributed by atoms with Crippen LogP contribution in [0.1, 0.15) is 30.7 Å². The summed E-state index contributed by atoms with van der Waals surface area (Å²) >= 11 is 0. The molecule has 1 saturated heterocycles. The minimum Gasteiger partial charge on any atom is -0.497 e. The lowest BCUT2D eigenvalue weighted by atomic mass is 9.76. The van der Waals surface area contributed by atoms with Gasteiger partial charge in [0.25, 0.3) is 0 Å². The second-order valence-electron chi connectivity index (χ2n) is 5.36. The monoisotopic (exact) mass is 246 g/mol. The van der Waals surface area contributed by atoms with Gasteiger partial charge in [-0.1, -0.05) is 6.07 Å². The zero-order valence-corrected chi connectivity index (χ0v) is 11.0. The van der Waals surface area contributed by atoms with Crippen molar-refractivity contribution in [3.8, 4) is 5.75 Å². The number of benzene rings is 1. The molecular weight excluding hydrogens is 224 g/mol. The first-order chi connectivity index (χ1) is 8.88. The summed E-state index contributed by atoms with van der Waals surface area (Å²) in [6, 6.07) is 6.50. The van der Waals surface area contributed by atoms with Crippen LogP contribution in [0.25, 0.3) is 0 Å². The number of methoxy groups -OCH3 is 1. The van der Waals surface area contributed by atoms with Gasteiger partial charge >= 0.3 is 0 Å². The van der Waals surface area contributed by atoms with Crippen molar-refractivity contribution in [2.75, 3.05) is 32.1 Å². The van der Waals surface area contributed by atoms with Gasteiger partial charge in [0, 0.05) is 18.3 Å². The lowest BCUT2D eigenvalue weighted by Crippen LogP contribution is -2.33. The molecule has 18 heavy (non-hydrogen) atoms. The number of ether oxygens (including phenoxy) is 1. The molecule has 0 amide bonds. The fraction of sp³-hybridized carbons (Fsp3) is 0.600. The molecule has 2 heterocycles. The second-order valence-corrected chi connectivity index (χ2v) is 5.36. The van der Waals surface area contributed by atoms with Crippen LogP contribution in [-0.2, 0) is 0 Å². The lowest BCUT2D eigenvalue weighted by Gasteiger charge is -2.35. The van der Waals surface area contributed by atoms with E-state index in [-0.39, 0.29) is 0 Å². The Kier molecular flexibility index (Phi) is 3.41. The molecule has 2 aliphatic rings. The molecule has 1 fully saturated rings. The van der Waals surface area contributed by atoms with Crippen molar-refractivity contribution < 1.29 is 4.74 Å². The smallest absolute Gasteiger partial charge is 0.120 e. The van der Waals surface area contributed by atoms with Gasteiger partial charge in [-0.25, -0.2) is 0 Å². The van der Waals surface area contributed by atoms with Gasteiger partial charge in [0.15, 0.2) is 0 Å². The third-order valence-corrected chi connectivity index (χ3v) is 4.38. The molecule has 1 unspecified atom stereocenters. The van der Waals surface area contributed by atoms with Crippen molar-refractivity contribution >= 4 is 5.69 Å². The van der Waals surface area contributed by atoms with Gasteiger partial charge in [-0.15, -0.1) is 0 Å². The molecule has 0 radical (unpaired) electrons. The Hall–Kier alpha value is -1.22. The number of rotatable bonds is 2. The Morgan fingerprint density at radius 3 is 2.72 bits per heavy atom. The van der Waals surface area contributed by atoms with Crippen LogP contribution in [0.2, 0.25) is 0 Å². The summed E-state index contributed by atoms with van der Waals surface area (Å²) in [7, 11) is 1.73. The molecule has 2 N–H and O–H groups in total. The molecule has 0 bridgehead atoms. The third-order valence-electron chi connectivity index (χ3n) is 4.38. The first kappa shape index (κ1) is 11.8. The first-order valence-corrected chi connectivity index (χ1v) is 7.01. The van der Waals surface area contributed by atoms with Crippen molar-refractivity contribution in [2.24, 2.45) is 5.92 Å². The van der Waals surface area contributed by atoms with E-state index in [1.165, 1.54) is 43.6 Å². The van der Waals surface area contributed by atoms with E-state index in [1.54, 1.807) is 7.11 Å². The topological polar surface area (TPSA) is 33.3 Å². The van der Waals surface area contributed by atoms with Crippen LogP contribution in [0.15, 0.2) is 18.2 Å². The molecular formula is C15H22N2O. The van der Waals surface area contributed by atoms with Crippen molar-refractivity contribution in [3.05, 3.63) is 23.8 Å². The molecule has 0 aliphatic carbocycles. The number of piperidine rings is 1. The molecule has 0 saturated carbocycles. The Bertz CT molecular complexity index is 413. The van der Waals surface area contributed by atoms with Crippen LogP contribution >= 0.6 is 0 Å². The fourth-order valence-electron chi connectivity index (χ4n) is 3.39. The molecule has 1 aromatic carbocycles. The molecule has 1 aromatic rings. The number of hydrogen-bond donors (Lipinski definition) is 2. The summed E-state index contributed by atoms with van der Waals surface area (Å²) in [5.41, 5.74) is 2.78. The molecule has 0 spiro atoms. The Morgan fingerprint density at radius 1 is 1.11 bits per heavy atom. The SMILES string of the molecule is COc1ccc2c(c1)NCCC2C1CCNCC1. The predicted molar refractivity (Wildman–Crippen MR) is 74.4 cm³/mol. The lowest BCUT2D eigenvalue weighted by molar-refractivity contribution is 0.307. The Morgan fingerprint density at radius 2 is 1.94 bits per heavy atom. The van der Waals surface area contributed by atoms with E-state index >= 15 is 0 Å².